The normalized spacial score (nSPS) is 10.7. The van der Waals surface area contributed by atoms with Crippen molar-refractivity contribution in [1.82, 2.24) is 9.80 Å². The van der Waals surface area contributed by atoms with Gasteiger partial charge in [0.05, 0.1) is 25.9 Å². The van der Waals surface area contributed by atoms with Crippen molar-refractivity contribution < 1.29 is 14.3 Å². The van der Waals surface area contributed by atoms with Crippen molar-refractivity contribution in [3.05, 3.63) is 45.1 Å². The monoisotopic (exact) mass is 409 g/mol. The van der Waals surface area contributed by atoms with E-state index in [0.29, 0.717) is 23.0 Å². The van der Waals surface area contributed by atoms with Crippen molar-refractivity contribution in [3.63, 3.8) is 0 Å². The molecule has 0 spiro atoms. The summed E-state index contributed by atoms with van der Waals surface area (Å²) in [6.07, 6.45) is 0. The Morgan fingerprint density at radius 3 is 2.59 bits per heavy atom. The molecule has 0 saturated heterocycles. The zero-order valence-electron chi connectivity index (χ0n) is 15.9. The molecule has 1 N–H and O–H groups in total. The summed E-state index contributed by atoms with van der Waals surface area (Å²) in [5, 5.41) is 5.26. The van der Waals surface area contributed by atoms with Gasteiger partial charge in [0, 0.05) is 23.5 Å². The second-order valence-corrected chi connectivity index (χ2v) is 7.78. The molecule has 0 aliphatic rings. The van der Waals surface area contributed by atoms with Gasteiger partial charge in [0.15, 0.2) is 0 Å². The molecule has 0 saturated carbocycles. The van der Waals surface area contributed by atoms with Gasteiger partial charge in [-0.15, -0.1) is 11.3 Å². The van der Waals surface area contributed by atoms with E-state index in [1.54, 1.807) is 36.6 Å². The predicted molar refractivity (Wildman–Crippen MR) is 110 cm³/mol. The van der Waals surface area contributed by atoms with E-state index in [1.807, 2.05) is 17.3 Å². The maximum atomic E-state index is 12.4. The highest BCUT2D eigenvalue weighted by molar-refractivity contribution is 7.10. The Balaban J connectivity index is 1.87. The number of amides is 2. The number of likely N-dealkylation sites (N-methyl/N-ethyl adjacent to an activating group) is 2. The first-order valence-electron chi connectivity index (χ1n) is 8.39. The van der Waals surface area contributed by atoms with E-state index in [0.717, 1.165) is 0 Å². The van der Waals surface area contributed by atoms with Crippen molar-refractivity contribution in [2.45, 2.75) is 13.5 Å². The molecule has 1 heterocycles. The average molecular weight is 410 g/mol. The highest BCUT2D eigenvalue weighted by Crippen LogP contribution is 2.27. The molecule has 8 heteroatoms. The standard InChI is InChI=1S/C19H24ClN3O3S/c1-13-7-8-27-17(13)10-22(2)12-19(25)23(3)11-18(24)21-15-9-14(20)5-6-16(15)26-4/h5-9H,10-12H2,1-4H3,(H,21,24). The molecule has 0 unspecified atom stereocenters. The zero-order valence-corrected chi connectivity index (χ0v) is 17.5. The smallest absolute Gasteiger partial charge is 0.244 e. The number of aryl methyl sites for hydroxylation is 1. The first-order valence-corrected chi connectivity index (χ1v) is 9.64. The van der Waals surface area contributed by atoms with Crippen LogP contribution in [0.2, 0.25) is 5.02 Å². The predicted octanol–water partition coefficient (Wildman–Crippen LogP) is 3.25. The third-order valence-corrected chi connectivity index (χ3v) is 5.27. The summed E-state index contributed by atoms with van der Waals surface area (Å²) < 4.78 is 5.21. The molecule has 2 amide bonds. The molecule has 0 bridgehead atoms. The fraction of sp³-hybridized carbons (Fsp3) is 0.368. The van der Waals surface area contributed by atoms with Crippen LogP contribution in [0, 0.1) is 6.92 Å². The molecule has 0 aliphatic carbocycles. The van der Waals surface area contributed by atoms with Crippen LogP contribution in [-0.2, 0) is 16.1 Å². The van der Waals surface area contributed by atoms with Gasteiger partial charge in [-0.25, -0.2) is 0 Å². The Hall–Kier alpha value is -2.09. The maximum Gasteiger partial charge on any atom is 0.244 e. The number of hydrogen-bond donors (Lipinski definition) is 1. The van der Waals surface area contributed by atoms with Crippen LogP contribution in [0.1, 0.15) is 10.4 Å². The van der Waals surface area contributed by atoms with E-state index >= 15 is 0 Å². The summed E-state index contributed by atoms with van der Waals surface area (Å²) in [6.45, 7) is 2.94. The number of thiophene rings is 1. The lowest BCUT2D eigenvalue weighted by Gasteiger charge is -2.21. The summed E-state index contributed by atoms with van der Waals surface area (Å²) in [7, 11) is 5.02. The molecule has 0 aliphatic heterocycles. The minimum Gasteiger partial charge on any atom is -0.495 e. The Bertz CT molecular complexity index is 809. The molecule has 0 fully saturated rings. The van der Waals surface area contributed by atoms with E-state index in [2.05, 4.69) is 18.3 Å². The number of halogens is 1. The van der Waals surface area contributed by atoms with Crippen molar-refractivity contribution in [1.29, 1.82) is 0 Å². The Morgan fingerprint density at radius 1 is 1.22 bits per heavy atom. The van der Waals surface area contributed by atoms with Gasteiger partial charge in [0.2, 0.25) is 11.8 Å². The quantitative estimate of drug-likeness (QED) is 0.727. The Morgan fingerprint density at radius 2 is 1.96 bits per heavy atom. The van der Waals surface area contributed by atoms with E-state index < -0.39 is 0 Å². The number of hydrogen-bond acceptors (Lipinski definition) is 5. The molecule has 0 radical (unpaired) electrons. The summed E-state index contributed by atoms with van der Waals surface area (Å²) in [5.74, 6) is 0.0656. The van der Waals surface area contributed by atoms with Gasteiger partial charge in [-0.2, -0.15) is 0 Å². The summed E-state index contributed by atoms with van der Waals surface area (Å²) in [4.78, 5) is 29.3. The number of rotatable bonds is 8. The number of anilines is 1. The van der Waals surface area contributed by atoms with Crippen LogP contribution in [-0.4, -0.2) is 55.9 Å². The lowest BCUT2D eigenvalue weighted by atomic mass is 10.3. The lowest BCUT2D eigenvalue weighted by molar-refractivity contribution is -0.134. The van der Waals surface area contributed by atoms with Gasteiger partial charge in [-0.1, -0.05) is 11.6 Å². The number of nitrogens with zero attached hydrogens (tertiary/aromatic N) is 2. The maximum absolute atomic E-state index is 12.4. The molecule has 1 aromatic carbocycles. The average Bonchev–Trinajstić information content (AvgIpc) is 2.99. The topological polar surface area (TPSA) is 61.9 Å². The zero-order chi connectivity index (χ0) is 20.0. The summed E-state index contributed by atoms with van der Waals surface area (Å²) in [6, 6.07) is 7.03. The van der Waals surface area contributed by atoms with E-state index in [1.165, 1.54) is 22.5 Å². The van der Waals surface area contributed by atoms with Gasteiger partial charge in [0.1, 0.15) is 5.75 Å². The Kier molecular flexibility index (Phi) is 7.65. The van der Waals surface area contributed by atoms with Crippen molar-refractivity contribution in [2.24, 2.45) is 0 Å². The number of methoxy groups -OCH3 is 1. The van der Waals surface area contributed by atoms with E-state index in [9.17, 15) is 9.59 Å². The molecular weight excluding hydrogens is 386 g/mol. The highest BCUT2D eigenvalue weighted by atomic mass is 35.5. The van der Waals surface area contributed by atoms with Crippen LogP contribution in [0.4, 0.5) is 5.69 Å². The third-order valence-electron chi connectivity index (χ3n) is 4.03. The van der Waals surface area contributed by atoms with Crippen molar-refractivity contribution in [2.75, 3.05) is 39.6 Å². The first kappa shape index (κ1) is 21.2. The number of carbonyl (C=O) groups excluding carboxylic acids is 2. The number of nitrogens with one attached hydrogen (secondary N) is 1. The van der Waals surface area contributed by atoms with Gasteiger partial charge in [0.25, 0.3) is 0 Å². The van der Waals surface area contributed by atoms with Crippen LogP contribution >= 0.6 is 22.9 Å². The van der Waals surface area contributed by atoms with Crippen LogP contribution in [0.5, 0.6) is 5.75 Å². The SMILES string of the molecule is COc1ccc(Cl)cc1NC(=O)CN(C)C(=O)CN(C)Cc1sccc1C. The molecule has 6 nitrogen and oxygen atoms in total. The molecular formula is C19H24ClN3O3S. The molecule has 146 valence electrons. The van der Waals surface area contributed by atoms with Gasteiger partial charge < -0.3 is 15.0 Å². The number of ether oxygens (including phenoxy) is 1. The van der Waals surface area contributed by atoms with Crippen molar-refractivity contribution >= 4 is 40.4 Å². The molecule has 2 rings (SSSR count). The fourth-order valence-electron chi connectivity index (χ4n) is 2.49. The minimum atomic E-state index is -0.317. The van der Waals surface area contributed by atoms with Gasteiger partial charge in [-0.05, 0) is 49.2 Å². The minimum absolute atomic E-state index is 0.0552. The van der Waals surface area contributed by atoms with Gasteiger partial charge in [-0.3, -0.25) is 14.5 Å². The van der Waals surface area contributed by atoms with Gasteiger partial charge >= 0.3 is 0 Å². The largest absolute Gasteiger partial charge is 0.495 e. The van der Waals surface area contributed by atoms with E-state index in [-0.39, 0.29) is 24.9 Å². The van der Waals surface area contributed by atoms with Crippen molar-refractivity contribution in [3.8, 4) is 5.75 Å². The van der Waals surface area contributed by atoms with Crippen LogP contribution < -0.4 is 10.1 Å². The summed E-state index contributed by atoms with van der Waals surface area (Å²) in [5.41, 5.74) is 1.70. The third kappa shape index (κ3) is 6.23. The first-order chi connectivity index (χ1) is 12.8. The number of benzene rings is 1. The van der Waals surface area contributed by atoms with Crippen LogP contribution in [0.15, 0.2) is 29.6 Å². The summed E-state index contributed by atoms with van der Waals surface area (Å²) >= 11 is 7.64. The highest BCUT2D eigenvalue weighted by Gasteiger charge is 2.17. The fourth-order valence-corrected chi connectivity index (χ4v) is 3.65. The van der Waals surface area contributed by atoms with Crippen LogP contribution in [0.25, 0.3) is 0 Å². The second kappa shape index (κ2) is 9.73. The molecule has 27 heavy (non-hydrogen) atoms. The molecule has 2 aromatic rings. The lowest BCUT2D eigenvalue weighted by Crippen LogP contribution is -2.40. The van der Waals surface area contributed by atoms with Crippen LogP contribution in [0.3, 0.4) is 0 Å². The molecule has 1 aromatic heterocycles. The van der Waals surface area contributed by atoms with E-state index in [4.69, 9.17) is 16.3 Å². The number of carbonyl (C=O) groups is 2. The molecule has 0 atom stereocenters. The Labute approximate surface area is 168 Å². The second-order valence-electron chi connectivity index (χ2n) is 6.34.